The Hall–Kier alpha value is -3.45. The maximum absolute atomic E-state index is 12.9. The van der Waals surface area contributed by atoms with Crippen LogP contribution in [0.25, 0.3) is 11.1 Å². The van der Waals surface area contributed by atoms with E-state index in [1.807, 2.05) is 49.5 Å². The number of nitriles is 1. The van der Waals surface area contributed by atoms with Crippen molar-refractivity contribution in [1.29, 1.82) is 5.26 Å². The number of aromatic nitrogens is 1. The molecule has 126 valence electrons. The van der Waals surface area contributed by atoms with Crippen LogP contribution in [-0.2, 0) is 6.42 Å². The van der Waals surface area contributed by atoms with Crippen molar-refractivity contribution in [3.63, 3.8) is 0 Å². The first kappa shape index (κ1) is 16.0. The van der Waals surface area contributed by atoms with Gasteiger partial charge in [-0.1, -0.05) is 29.8 Å². The lowest BCUT2D eigenvalue weighted by Crippen LogP contribution is -2.28. The third-order valence-corrected chi connectivity index (χ3v) is 4.78. The second-order valence-corrected chi connectivity index (χ2v) is 6.45. The number of carbonyl (C=O) groups is 1. The zero-order valence-electron chi connectivity index (χ0n) is 14.4. The zero-order chi connectivity index (χ0) is 18.1. The van der Waals surface area contributed by atoms with Crippen LogP contribution in [0.1, 0.15) is 27.0 Å². The number of aryl methyl sites for hydroxylation is 1. The summed E-state index contributed by atoms with van der Waals surface area (Å²) in [7, 11) is 0. The van der Waals surface area contributed by atoms with Gasteiger partial charge in [-0.15, -0.1) is 0 Å². The fourth-order valence-corrected chi connectivity index (χ4v) is 3.35. The highest BCUT2D eigenvalue weighted by Gasteiger charge is 2.28. The second-order valence-electron chi connectivity index (χ2n) is 6.45. The van der Waals surface area contributed by atoms with Crippen molar-refractivity contribution in [2.24, 2.45) is 0 Å². The van der Waals surface area contributed by atoms with E-state index in [4.69, 9.17) is 5.26 Å². The Balaban J connectivity index is 1.70. The largest absolute Gasteiger partial charge is 0.306 e. The van der Waals surface area contributed by atoms with Gasteiger partial charge < -0.3 is 4.90 Å². The van der Waals surface area contributed by atoms with E-state index in [9.17, 15) is 4.79 Å². The molecule has 0 saturated carbocycles. The first-order valence-electron chi connectivity index (χ1n) is 8.53. The molecule has 2 heterocycles. The van der Waals surface area contributed by atoms with Crippen molar-refractivity contribution in [3.05, 3.63) is 83.2 Å². The minimum absolute atomic E-state index is 0.00234. The average Bonchev–Trinajstić information content (AvgIpc) is 3.12. The Morgan fingerprint density at radius 2 is 1.81 bits per heavy atom. The van der Waals surface area contributed by atoms with Crippen LogP contribution in [0.15, 0.2) is 60.9 Å². The lowest BCUT2D eigenvalue weighted by Gasteiger charge is -2.17. The van der Waals surface area contributed by atoms with E-state index in [0.29, 0.717) is 17.7 Å². The van der Waals surface area contributed by atoms with Crippen molar-refractivity contribution in [1.82, 2.24) is 4.98 Å². The minimum Gasteiger partial charge on any atom is -0.306 e. The monoisotopic (exact) mass is 339 g/mol. The topological polar surface area (TPSA) is 57.0 Å². The number of benzene rings is 2. The lowest BCUT2D eigenvalue weighted by molar-refractivity contribution is 0.0989. The first-order chi connectivity index (χ1) is 12.7. The molecule has 1 amide bonds. The van der Waals surface area contributed by atoms with E-state index >= 15 is 0 Å². The number of anilines is 1. The molecule has 0 atom stereocenters. The molecular formula is C22H17N3O. The van der Waals surface area contributed by atoms with Crippen LogP contribution in [0.5, 0.6) is 0 Å². The maximum Gasteiger partial charge on any atom is 0.258 e. The van der Waals surface area contributed by atoms with E-state index in [1.165, 1.54) is 0 Å². The molecule has 0 aliphatic carbocycles. The van der Waals surface area contributed by atoms with Gasteiger partial charge in [-0.3, -0.25) is 9.78 Å². The molecule has 1 aliphatic rings. The van der Waals surface area contributed by atoms with Crippen molar-refractivity contribution in [2.75, 3.05) is 11.4 Å². The number of rotatable bonds is 2. The molecule has 4 heteroatoms. The molecule has 3 aromatic rings. The molecule has 4 nitrogen and oxygen atoms in total. The fraction of sp³-hybridized carbons (Fsp3) is 0.136. The Labute approximate surface area is 152 Å². The van der Waals surface area contributed by atoms with E-state index in [1.54, 1.807) is 23.2 Å². The number of hydrogen-bond acceptors (Lipinski definition) is 3. The van der Waals surface area contributed by atoms with Crippen molar-refractivity contribution in [2.45, 2.75) is 13.3 Å². The standard InChI is InChI=1S/C22H17N3O/c1-15-2-6-18(7-3-15)22(26)25-11-10-19-20(13-24-14-21(19)25)17-8-4-16(12-23)5-9-17/h2-9,13-14H,10-11H2,1H3. The van der Waals surface area contributed by atoms with Crippen LogP contribution in [0.2, 0.25) is 0 Å². The summed E-state index contributed by atoms with van der Waals surface area (Å²) in [5.41, 5.74) is 6.48. The van der Waals surface area contributed by atoms with E-state index < -0.39 is 0 Å². The van der Waals surface area contributed by atoms with Gasteiger partial charge in [-0.2, -0.15) is 5.26 Å². The molecule has 0 spiro atoms. The quantitative estimate of drug-likeness (QED) is 0.705. The van der Waals surface area contributed by atoms with Gasteiger partial charge in [0.05, 0.1) is 23.5 Å². The summed E-state index contributed by atoms with van der Waals surface area (Å²) in [5.74, 6) is 0.00234. The Morgan fingerprint density at radius 1 is 1.08 bits per heavy atom. The second kappa shape index (κ2) is 6.45. The zero-order valence-corrected chi connectivity index (χ0v) is 14.4. The molecular weight excluding hydrogens is 322 g/mol. The molecule has 0 fully saturated rings. The normalized spacial score (nSPS) is 12.5. The SMILES string of the molecule is Cc1ccc(C(=O)N2CCc3c(-c4ccc(C#N)cc4)cncc32)cc1. The van der Waals surface area contributed by atoms with E-state index in [-0.39, 0.29) is 5.91 Å². The lowest BCUT2D eigenvalue weighted by atomic mass is 9.99. The third-order valence-electron chi connectivity index (χ3n) is 4.78. The summed E-state index contributed by atoms with van der Waals surface area (Å²) in [6, 6.07) is 17.2. The van der Waals surface area contributed by atoms with Gasteiger partial charge in [0, 0.05) is 23.9 Å². The number of fused-ring (bicyclic) bond motifs is 1. The van der Waals surface area contributed by atoms with Crippen LogP contribution < -0.4 is 4.90 Å². The minimum atomic E-state index is 0.00234. The average molecular weight is 339 g/mol. The Kier molecular flexibility index (Phi) is 3.98. The molecule has 0 saturated heterocycles. The highest BCUT2D eigenvalue weighted by atomic mass is 16.2. The summed E-state index contributed by atoms with van der Waals surface area (Å²) in [6.07, 6.45) is 4.40. The predicted molar refractivity (Wildman–Crippen MR) is 101 cm³/mol. The van der Waals surface area contributed by atoms with E-state index in [2.05, 4.69) is 11.1 Å². The van der Waals surface area contributed by atoms with Gasteiger partial charge in [0.15, 0.2) is 0 Å². The van der Waals surface area contributed by atoms with Crippen LogP contribution in [0.4, 0.5) is 5.69 Å². The van der Waals surface area contributed by atoms with Gasteiger partial charge in [0.2, 0.25) is 0 Å². The van der Waals surface area contributed by atoms with Crippen LogP contribution in [0.3, 0.4) is 0 Å². The molecule has 0 radical (unpaired) electrons. The van der Waals surface area contributed by atoms with Gasteiger partial charge in [-0.25, -0.2) is 0 Å². The summed E-state index contributed by atoms with van der Waals surface area (Å²) in [5, 5.41) is 8.97. The fourth-order valence-electron chi connectivity index (χ4n) is 3.35. The van der Waals surface area contributed by atoms with Crippen LogP contribution >= 0.6 is 0 Å². The van der Waals surface area contributed by atoms with Gasteiger partial charge in [-0.05, 0) is 48.7 Å². The molecule has 26 heavy (non-hydrogen) atoms. The molecule has 0 bridgehead atoms. The van der Waals surface area contributed by atoms with Crippen molar-refractivity contribution < 1.29 is 4.79 Å². The number of amides is 1. The molecule has 0 N–H and O–H groups in total. The number of hydrogen-bond donors (Lipinski definition) is 0. The summed E-state index contributed by atoms with van der Waals surface area (Å²) in [6.45, 7) is 2.66. The molecule has 1 aliphatic heterocycles. The smallest absolute Gasteiger partial charge is 0.258 e. The Morgan fingerprint density at radius 3 is 2.50 bits per heavy atom. The summed E-state index contributed by atoms with van der Waals surface area (Å²) < 4.78 is 0. The first-order valence-corrected chi connectivity index (χ1v) is 8.53. The molecule has 0 unspecified atom stereocenters. The van der Waals surface area contributed by atoms with Gasteiger partial charge in [0.25, 0.3) is 5.91 Å². The van der Waals surface area contributed by atoms with E-state index in [0.717, 1.165) is 34.4 Å². The highest BCUT2D eigenvalue weighted by Crippen LogP contribution is 2.36. The summed E-state index contributed by atoms with van der Waals surface area (Å²) >= 11 is 0. The maximum atomic E-state index is 12.9. The number of pyridine rings is 1. The van der Waals surface area contributed by atoms with Gasteiger partial charge in [0.1, 0.15) is 0 Å². The highest BCUT2D eigenvalue weighted by molar-refractivity contribution is 6.07. The molecule has 4 rings (SSSR count). The van der Waals surface area contributed by atoms with Crippen LogP contribution in [-0.4, -0.2) is 17.4 Å². The molecule has 2 aromatic carbocycles. The van der Waals surface area contributed by atoms with Gasteiger partial charge >= 0.3 is 0 Å². The van der Waals surface area contributed by atoms with Crippen molar-refractivity contribution >= 4 is 11.6 Å². The number of carbonyl (C=O) groups excluding carboxylic acids is 1. The predicted octanol–water partition coefficient (Wildman–Crippen LogP) is 4.13. The summed E-state index contributed by atoms with van der Waals surface area (Å²) in [4.78, 5) is 19.1. The van der Waals surface area contributed by atoms with Crippen molar-refractivity contribution in [3.8, 4) is 17.2 Å². The Bertz CT molecular complexity index is 1010. The van der Waals surface area contributed by atoms with Crippen LogP contribution in [0, 0.1) is 18.3 Å². The number of nitrogens with zero attached hydrogens (tertiary/aromatic N) is 3. The third kappa shape index (κ3) is 2.74. The molecule has 1 aromatic heterocycles.